The number of hydrogen-bond acceptors (Lipinski definition) is 4. The fourth-order valence-corrected chi connectivity index (χ4v) is 3.29. The van der Waals surface area contributed by atoms with Crippen LogP contribution >= 0.6 is 11.6 Å². The molecule has 0 saturated carbocycles. The van der Waals surface area contributed by atoms with Gasteiger partial charge in [-0.3, -0.25) is 9.59 Å². The van der Waals surface area contributed by atoms with Crippen molar-refractivity contribution in [2.75, 3.05) is 44.7 Å². The fourth-order valence-electron chi connectivity index (χ4n) is 3.03. The molecular formula is C17H22ClN3O3. The van der Waals surface area contributed by atoms with Crippen molar-refractivity contribution in [3.63, 3.8) is 0 Å². The van der Waals surface area contributed by atoms with Crippen LogP contribution in [0, 0.1) is 5.92 Å². The summed E-state index contributed by atoms with van der Waals surface area (Å²) in [5.41, 5.74) is 1.08. The number of hydrogen-bond donors (Lipinski definition) is 2. The van der Waals surface area contributed by atoms with Crippen molar-refractivity contribution in [1.29, 1.82) is 0 Å². The normalized spacial score (nSPS) is 19.1. The molecule has 24 heavy (non-hydrogen) atoms. The molecule has 2 saturated heterocycles. The lowest BCUT2D eigenvalue weighted by molar-refractivity contribution is -0.120. The number of amides is 2. The van der Waals surface area contributed by atoms with E-state index in [4.69, 9.17) is 16.3 Å². The van der Waals surface area contributed by atoms with E-state index in [1.165, 1.54) is 0 Å². The third-order valence-corrected chi connectivity index (χ3v) is 4.79. The number of anilines is 1. The number of benzene rings is 1. The number of piperidine rings is 1. The molecule has 0 spiro atoms. The maximum Gasteiger partial charge on any atom is 0.255 e. The number of halogens is 1. The van der Waals surface area contributed by atoms with Crippen LogP contribution in [0.1, 0.15) is 23.2 Å². The van der Waals surface area contributed by atoms with E-state index in [-0.39, 0.29) is 17.7 Å². The van der Waals surface area contributed by atoms with Gasteiger partial charge in [0.15, 0.2) is 0 Å². The Kier molecular flexibility index (Phi) is 5.71. The van der Waals surface area contributed by atoms with E-state index in [0.29, 0.717) is 42.6 Å². The van der Waals surface area contributed by atoms with Crippen LogP contribution in [0.25, 0.3) is 0 Å². The van der Waals surface area contributed by atoms with E-state index < -0.39 is 0 Å². The Morgan fingerprint density at radius 2 is 1.92 bits per heavy atom. The predicted octanol–water partition coefficient (Wildman–Crippen LogP) is 1.75. The molecule has 0 radical (unpaired) electrons. The summed E-state index contributed by atoms with van der Waals surface area (Å²) in [6.07, 6.45) is 1.68. The van der Waals surface area contributed by atoms with Crippen LogP contribution in [0.2, 0.25) is 5.02 Å². The quantitative estimate of drug-likeness (QED) is 0.870. The van der Waals surface area contributed by atoms with Crippen LogP contribution < -0.4 is 10.6 Å². The zero-order valence-electron chi connectivity index (χ0n) is 13.5. The zero-order valence-corrected chi connectivity index (χ0v) is 14.3. The van der Waals surface area contributed by atoms with Gasteiger partial charge in [0.1, 0.15) is 0 Å². The topological polar surface area (TPSA) is 70.7 Å². The van der Waals surface area contributed by atoms with Gasteiger partial charge in [-0.05, 0) is 44.1 Å². The second kappa shape index (κ2) is 7.96. The number of carbonyl (C=O) groups excluding carboxylic acids is 2. The highest BCUT2D eigenvalue weighted by Gasteiger charge is 2.23. The van der Waals surface area contributed by atoms with Gasteiger partial charge >= 0.3 is 0 Å². The summed E-state index contributed by atoms with van der Waals surface area (Å²) in [6.45, 7) is 3.98. The first-order valence-electron chi connectivity index (χ1n) is 8.33. The second-order valence-electron chi connectivity index (χ2n) is 6.11. The molecule has 2 amide bonds. The molecule has 7 heteroatoms. The van der Waals surface area contributed by atoms with Crippen molar-refractivity contribution in [2.45, 2.75) is 12.8 Å². The first kappa shape index (κ1) is 17.2. The van der Waals surface area contributed by atoms with E-state index in [1.807, 2.05) is 0 Å². The van der Waals surface area contributed by atoms with Gasteiger partial charge in [-0.1, -0.05) is 11.6 Å². The molecule has 6 nitrogen and oxygen atoms in total. The third-order valence-electron chi connectivity index (χ3n) is 4.48. The van der Waals surface area contributed by atoms with Gasteiger partial charge in [0, 0.05) is 24.7 Å². The average molecular weight is 352 g/mol. The molecule has 2 N–H and O–H groups in total. The predicted molar refractivity (Wildman–Crippen MR) is 92.4 cm³/mol. The standard InChI is InChI=1S/C17H22ClN3O3/c18-15-11-13(20-16(22)12-3-5-19-6-4-12)1-2-14(15)17(23)21-7-9-24-10-8-21/h1-2,11-12,19H,3-10H2,(H,20,22). The highest BCUT2D eigenvalue weighted by atomic mass is 35.5. The minimum atomic E-state index is -0.0977. The van der Waals surface area contributed by atoms with Crippen molar-refractivity contribution in [3.8, 4) is 0 Å². The first-order valence-corrected chi connectivity index (χ1v) is 8.71. The minimum absolute atomic E-state index is 0.0137. The van der Waals surface area contributed by atoms with Crippen molar-refractivity contribution in [1.82, 2.24) is 10.2 Å². The Balaban J connectivity index is 1.65. The SMILES string of the molecule is O=C(Nc1ccc(C(=O)N2CCOCC2)c(Cl)c1)C1CCNCC1. The van der Waals surface area contributed by atoms with Crippen molar-refractivity contribution in [3.05, 3.63) is 28.8 Å². The van der Waals surface area contributed by atoms with Crippen LogP contribution in [0.4, 0.5) is 5.69 Å². The van der Waals surface area contributed by atoms with Gasteiger partial charge in [0.2, 0.25) is 5.91 Å². The highest BCUT2D eigenvalue weighted by Crippen LogP contribution is 2.24. The fraction of sp³-hybridized carbons (Fsp3) is 0.529. The molecule has 0 aromatic heterocycles. The van der Waals surface area contributed by atoms with Crippen LogP contribution in [-0.4, -0.2) is 56.1 Å². The van der Waals surface area contributed by atoms with Gasteiger partial charge in [0.05, 0.1) is 23.8 Å². The molecule has 2 fully saturated rings. The molecule has 2 aliphatic heterocycles. The molecule has 0 bridgehead atoms. The lowest BCUT2D eigenvalue weighted by Crippen LogP contribution is -2.40. The van der Waals surface area contributed by atoms with Crippen molar-refractivity contribution < 1.29 is 14.3 Å². The second-order valence-corrected chi connectivity index (χ2v) is 6.52. The first-order chi connectivity index (χ1) is 11.6. The van der Waals surface area contributed by atoms with Gasteiger partial charge < -0.3 is 20.3 Å². The summed E-state index contributed by atoms with van der Waals surface area (Å²) in [5, 5.41) is 6.50. The Bertz CT molecular complexity index is 611. The number of carbonyl (C=O) groups is 2. The maximum absolute atomic E-state index is 12.5. The lowest BCUT2D eigenvalue weighted by Gasteiger charge is -2.27. The molecule has 0 aliphatic carbocycles. The van der Waals surface area contributed by atoms with E-state index in [0.717, 1.165) is 25.9 Å². The molecule has 0 atom stereocenters. The number of ether oxygens (including phenoxy) is 1. The van der Waals surface area contributed by atoms with E-state index in [9.17, 15) is 9.59 Å². The molecule has 0 unspecified atom stereocenters. The molecule has 1 aromatic rings. The Labute approximate surface area is 146 Å². The Morgan fingerprint density at radius 1 is 1.21 bits per heavy atom. The number of rotatable bonds is 3. The highest BCUT2D eigenvalue weighted by molar-refractivity contribution is 6.34. The van der Waals surface area contributed by atoms with Gasteiger partial charge in [-0.15, -0.1) is 0 Å². The maximum atomic E-state index is 12.5. The Morgan fingerprint density at radius 3 is 2.58 bits per heavy atom. The summed E-state index contributed by atoms with van der Waals surface area (Å²) >= 11 is 6.27. The molecule has 130 valence electrons. The van der Waals surface area contributed by atoms with Gasteiger partial charge in [0.25, 0.3) is 5.91 Å². The summed E-state index contributed by atoms with van der Waals surface area (Å²) < 4.78 is 5.26. The molecule has 2 heterocycles. The van der Waals surface area contributed by atoms with Crippen LogP contribution in [0.3, 0.4) is 0 Å². The van der Waals surface area contributed by atoms with Crippen molar-refractivity contribution in [2.24, 2.45) is 5.92 Å². The summed E-state index contributed by atoms with van der Waals surface area (Å²) in [5.74, 6) is -0.0564. The zero-order chi connectivity index (χ0) is 16.9. The third kappa shape index (κ3) is 4.06. The Hall–Kier alpha value is -1.63. The van der Waals surface area contributed by atoms with Gasteiger partial charge in [-0.2, -0.15) is 0 Å². The molecule has 2 aliphatic rings. The molecule has 3 rings (SSSR count). The average Bonchev–Trinajstić information content (AvgIpc) is 2.63. The van der Waals surface area contributed by atoms with E-state index >= 15 is 0 Å². The largest absolute Gasteiger partial charge is 0.378 e. The molecular weight excluding hydrogens is 330 g/mol. The lowest BCUT2D eigenvalue weighted by atomic mass is 9.97. The monoisotopic (exact) mass is 351 g/mol. The minimum Gasteiger partial charge on any atom is -0.378 e. The van der Waals surface area contributed by atoms with Crippen molar-refractivity contribution >= 4 is 29.1 Å². The summed E-state index contributed by atoms with van der Waals surface area (Å²) in [7, 11) is 0. The summed E-state index contributed by atoms with van der Waals surface area (Å²) in [4.78, 5) is 26.5. The summed E-state index contributed by atoms with van der Waals surface area (Å²) in [6, 6.07) is 5.06. The molecule has 1 aromatic carbocycles. The van der Waals surface area contributed by atoms with Crippen LogP contribution in [0.15, 0.2) is 18.2 Å². The number of nitrogens with zero attached hydrogens (tertiary/aromatic N) is 1. The number of nitrogens with one attached hydrogen (secondary N) is 2. The van der Waals surface area contributed by atoms with Crippen LogP contribution in [-0.2, 0) is 9.53 Å². The number of morpholine rings is 1. The van der Waals surface area contributed by atoms with E-state index in [1.54, 1.807) is 23.1 Å². The van der Waals surface area contributed by atoms with Crippen LogP contribution in [0.5, 0.6) is 0 Å². The van der Waals surface area contributed by atoms with Gasteiger partial charge in [-0.25, -0.2) is 0 Å². The smallest absolute Gasteiger partial charge is 0.255 e. The van der Waals surface area contributed by atoms with E-state index in [2.05, 4.69) is 10.6 Å².